The fraction of sp³-hybridized carbons (Fsp3) is 0.433. The number of ether oxygens (including phenoxy) is 4. The summed E-state index contributed by atoms with van der Waals surface area (Å²) in [5, 5.41) is 26.7. The summed E-state index contributed by atoms with van der Waals surface area (Å²) in [6.45, 7) is 10.9. The molecule has 0 heterocycles. The molecule has 0 fully saturated rings. The second-order valence-electron chi connectivity index (χ2n) is 11.8. The molecular formula is C30H39N4O11-. The van der Waals surface area contributed by atoms with Gasteiger partial charge in [0.1, 0.15) is 41.3 Å². The van der Waals surface area contributed by atoms with Crippen molar-refractivity contribution < 1.29 is 48.1 Å². The van der Waals surface area contributed by atoms with Gasteiger partial charge >= 0.3 is 18.2 Å². The van der Waals surface area contributed by atoms with Gasteiger partial charge in [0.15, 0.2) is 0 Å². The number of carbonyl (C=O) groups excluding carboxylic acids is 5. The van der Waals surface area contributed by atoms with Gasteiger partial charge in [-0.15, -0.1) is 0 Å². The molecule has 0 spiro atoms. The average molecular weight is 632 g/mol. The summed E-state index contributed by atoms with van der Waals surface area (Å²) < 4.78 is 20.6. The molecule has 2 aromatic rings. The minimum atomic E-state index is -1.18. The number of anilines is 1. The largest absolute Gasteiger partial charge is 0.733 e. The first-order valence-corrected chi connectivity index (χ1v) is 13.9. The Kier molecular flexibility index (Phi) is 12.7. The van der Waals surface area contributed by atoms with Gasteiger partial charge in [0.2, 0.25) is 11.8 Å². The van der Waals surface area contributed by atoms with Crippen LogP contribution in [-0.4, -0.2) is 65.1 Å². The first kappa shape index (κ1) is 36.3. The number of amides is 3. The third-order valence-electron chi connectivity index (χ3n) is 5.41. The van der Waals surface area contributed by atoms with Crippen LogP contribution in [0.4, 0.5) is 15.3 Å². The Labute approximate surface area is 260 Å². The van der Waals surface area contributed by atoms with Crippen LogP contribution in [0.5, 0.6) is 11.5 Å². The van der Waals surface area contributed by atoms with Crippen molar-refractivity contribution in [1.82, 2.24) is 16.0 Å². The zero-order valence-corrected chi connectivity index (χ0v) is 26.2. The van der Waals surface area contributed by atoms with E-state index in [-0.39, 0.29) is 28.8 Å². The van der Waals surface area contributed by atoms with Gasteiger partial charge in [-0.2, -0.15) is 0 Å². The van der Waals surface area contributed by atoms with Crippen molar-refractivity contribution in [2.24, 2.45) is 0 Å². The zero-order chi connectivity index (χ0) is 33.9. The van der Waals surface area contributed by atoms with Gasteiger partial charge in [0.05, 0.1) is 5.69 Å². The Bertz CT molecular complexity index is 1330. The highest BCUT2D eigenvalue weighted by Gasteiger charge is 2.27. The Morgan fingerprint density at radius 3 is 1.87 bits per heavy atom. The maximum atomic E-state index is 13.2. The molecule has 0 bridgehead atoms. The van der Waals surface area contributed by atoms with Crippen molar-refractivity contribution in [3.63, 3.8) is 0 Å². The maximum absolute atomic E-state index is 13.2. The van der Waals surface area contributed by atoms with Crippen molar-refractivity contribution in [3.8, 4) is 11.5 Å². The molecule has 0 aliphatic rings. The summed E-state index contributed by atoms with van der Waals surface area (Å²) in [6.07, 6.45) is -1.76. The van der Waals surface area contributed by atoms with E-state index < -0.39 is 59.9 Å². The van der Waals surface area contributed by atoms with E-state index in [2.05, 4.69) is 16.0 Å². The smallest absolute Gasteiger partial charge is 0.514 e. The molecule has 2 rings (SSSR count). The van der Waals surface area contributed by atoms with Gasteiger partial charge in [0.25, 0.3) is 0 Å². The molecule has 0 aliphatic heterocycles. The van der Waals surface area contributed by atoms with Crippen molar-refractivity contribution in [3.05, 3.63) is 59.3 Å². The summed E-state index contributed by atoms with van der Waals surface area (Å²) >= 11 is 0. The summed E-state index contributed by atoms with van der Waals surface area (Å²) in [6, 6.07) is 8.87. The van der Waals surface area contributed by atoms with Gasteiger partial charge in [-0.1, -0.05) is 12.1 Å². The standard InChI is InChI=1S/C30H39N4O11/c1-18(25(36)31-17-24(35)42-21-14-10-20(11-15-21)34(40)41)32-26(37)23(33-27(38)44-29(2,3)4)16-19-8-12-22(13-9-19)43-28(39)45-30(5,6)7/h8-15,18,23,40H,16-17H2,1-7H3,(H,31,36)(H,32,37)(H,33,38)/q-1/t18-,23+/m0/s1. The van der Waals surface area contributed by atoms with Crippen LogP contribution in [0.15, 0.2) is 48.5 Å². The molecule has 246 valence electrons. The number of esters is 1. The Morgan fingerprint density at radius 1 is 0.800 bits per heavy atom. The van der Waals surface area contributed by atoms with Crippen molar-refractivity contribution in [2.75, 3.05) is 11.8 Å². The monoisotopic (exact) mass is 631 g/mol. The highest BCUT2D eigenvalue weighted by atomic mass is 16.8. The van der Waals surface area contributed by atoms with Crippen LogP contribution in [0.2, 0.25) is 0 Å². The van der Waals surface area contributed by atoms with Crippen molar-refractivity contribution in [1.29, 1.82) is 0 Å². The fourth-order valence-electron chi connectivity index (χ4n) is 3.46. The van der Waals surface area contributed by atoms with Gasteiger partial charge in [-0.3, -0.25) is 14.8 Å². The lowest BCUT2D eigenvalue weighted by molar-refractivity contribution is -0.136. The summed E-state index contributed by atoms with van der Waals surface area (Å²) in [4.78, 5) is 62.3. The molecule has 2 aromatic carbocycles. The molecule has 4 N–H and O–H groups in total. The number of alkyl carbamates (subject to hydrolysis) is 1. The van der Waals surface area contributed by atoms with Gasteiger partial charge in [-0.05, 0) is 90.4 Å². The van der Waals surface area contributed by atoms with E-state index in [1.165, 1.54) is 43.3 Å². The number of nitrogens with one attached hydrogen (secondary N) is 3. The van der Waals surface area contributed by atoms with Crippen LogP contribution < -0.4 is 30.7 Å². The van der Waals surface area contributed by atoms with Crippen LogP contribution in [0, 0.1) is 5.21 Å². The molecule has 15 heteroatoms. The first-order valence-electron chi connectivity index (χ1n) is 13.9. The highest BCUT2D eigenvalue weighted by Crippen LogP contribution is 2.18. The topological polar surface area (TPSA) is 205 Å². The minimum absolute atomic E-state index is 0.0162. The van der Waals surface area contributed by atoms with Gasteiger partial charge in [-0.25, -0.2) is 14.4 Å². The summed E-state index contributed by atoms with van der Waals surface area (Å²) in [5.74, 6) is -1.98. The molecule has 2 atom stereocenters. The second-order valence-corrected chi connectivity index (χ2v) is 11.8. The first-order chi connectivity index (χ1) is 20.8. The minimum Gasteiger partial charge on any atom is -0.733 e. The molecule has 45 heavy (non-hydrogen) atoms. The SMILES string of the molecule is C[C@H](NC(=O)[C@@H](Cc1ccc(OC(=O)OC(C)(C)C)cc1)NC(=O)OC(C)(C)C)C(=O)NCC(=O)Oc1ccc(N([O-])O)cc1. The third kappa shape index (κ3) is 14.0. The predicted molar refractivity (Wildman–Crippen MR) is 160 cm³/mol. The van der Waals surface area contributed by atoms with Gasteiger partial charge in [0, 0.05) is 6.42 Å². The second kappa shape index (κ2) is 15.7. The van der Waals surface area contributed by atoms with E-state index in [0.717, 1.165) is 0 Å². The molecule has 0 radical (unpaired) electrons. The Morgan fingerprint density at radius 2 is 1.33 bits per heavy atom. The molecule has 0 saturated heterocycles. The van der Waals surface area contributed by atoms with Crippen LogP contribution in [0.25, 0.3) is 0 Å². The number of hydrogen-bond donors (Lipinski definition) is 4. The number of nitrogens with zero attached hydrogens (tertiary/aromatic N) is 1. The quantitative estimate of drug-likeness (QED) is 0.122. The Balaban J connectivity index is 2.01. The van der Waals surface area contributed by atoms with E-state index in [0.29, 0.717) is 5.56 Å². The predicted octanol–water partition coefficient (Wildman–Crippen LogP) is 3.36. The van der Waals surface area contributed by atoms with Crippen LogP contribution in [-0.2, 0) is 30.3 Å². The number of rotatable bonds is 11. The lowest BCUT2D eigenvalue weighted by Crippen LogP contribution is -2.54. The molecule has 0 unspecified atom stereocenters. The van der Waals surface area contributed by atoms with Crippen molar-refractivity contribution >= 4 is 35.7 Å². The molecule has 0 aliphatic carbocycles. The summed E-state index contributed by atoms with van der Waals surface area (Å²) in [5.41, 5.74) is -1.07. The molecule has 0 saturated carbocycles. The third-order valence-corrected chi connectivity index (χ3v) is 5.41. The van der Waals surface area contributed by atoms with E-state index in [1.54, 1.807) is 53.7 Å². The van der Waals surface area contributed by atoms with E-state index >= 15 is 0 Å². The molecule has 0 aromatic heterocycles. The lowest BCUT2D eigenvalue weighted by atomic mass is 10.0. The molecule has 15 nitrogen and oxygen atoms in total. The molecular weight excluding hydrogens is 592 g/mol. The summed E-state index contributed by atoms with van der Waals surface area (Å²) in [7, 11) is 0. The van der Waals surface area contributed by atoms with Crippen LogP contribution in [0.3, 0.4) is 0 Å². The van der Waals surface area contributed by atoms with Crippen LogP contribution >= 0.6 is 0 Å². The van der Waals surface area contributed by atoms with E-state index in [4.69, 9.17) is 24.2 Å². The maximum Gasteiger partial charge on any atom is 0.514 e. The number of carbonyl (C=O) groups is 5. The van der Waals surface area contributed by atoms with Crippen molar-refractivity contribution in [2.45, 2.75) is 78.2 Å². The average Bonchev–Trinajstić information content (AvgIpc) is 2.90. The van der Waals surface area contributed by atoms with E-state index in [1.807, 2.05) is 0 Å². The van der Waals surface area contributed by atoms with E-state index in [9.17, 15) is 29.2 Å². The zero-order valence-electron chi connectivity index (χ0n) is 26.2. The molecule has 3 amide bonds. The lowest BCUT2D eigenvalue weighted by Gasteiger charge is -2.24. The Hall–Kier alpha value is -4.89. The van der Waals surface area contributed by atoms with Crippen LogP contribution in [0.1, 0.15) is 54.0 Å². The number of benzene rings is 2. The normalized spacial score (nSPS) is 12.6. The number of hydrogen-bond acceptors (Lipinski definition) is 12. The fourth-order valence-corrected chi connectivity index (χ4v) is 3.46. The van der Waals surface area contributed by atoms with Gasteiger partial charge < -0.3 is 45.3 Å². The highest BCUT2D eigenvalue weighted by molar-refractivity contribution is 5.92.